The van der Waals surface area contributed by atoms with E-state index in [1.165, 1.54) is 0 Å². The van der Waals surface area contributed by atoms with Crippen LogP contribution in [-0.4, -0.2) is 18.2 Å². The smallest absolute Gasteiger partial charge is 0.263 e. The van der Waals surface area contributed by atoms with E-state index in [1.54, 1.807) is 35.0 Å². The number of nitrogens with zero attached hydrogens (tertiary/aromatic N) is 2. The normalized spacial score (nSPS) is 15.8. The molecule has 0 spiro atoms. The lowest BCUT2D eigenvalue weighted by atomic mass is 10.1. The summed E-state index contributed by atoms with van der Waals surface area (Å²) >= 11 is 0. The van der Waals surface area contributed by atoms with Crippen molar-refractivity contribution in [2.75, 3.05) is 4.72 Å². The van der Waals surface area contributed by atoms with E-state index >= 15 is 0 Å². The third kappa shape index (κ3) is 3.02. The molecule has 1 fully saturated rings. The predicted molar refractivity (Wildman–Crippen MR) is 86.4 cm³/mol. The zero-order valence-corrected chi connectivity index (χ0v) is 13.9. The molecule has 0 amide bonds. The van der Waals surface area contributed by atoms with Crippen molar-refractivity contribution in [3.8, 4) is 0 Å². The second-order valence-corrected chi connectivity index (χ2v) is 8.41. The van der Waals surface area contributed by atoms with E-state index in [4.69, 9.17) is 0 Å². The van der Waals surface area contributed by atoms with Crippen LogP contribution in [0.5, 0.6) is 0 Å². The minimum Gasteiger partial charge on any atom is -0.264 e. The molecule has 6 heteroatoms. The van der Waals surface area contributed by atoms with Crippen LogP contribution in [0.4, 0.5) is 5.82 Å². The Labute approximate surface area is 131 Å². The fraction of sp³-hybridized carbons (Fsp3) is 0.438. The van der Waals surface area contributed by atoms with Gasteiger partial charge in [-0.15, -0.1) is 0 Å². The average Bonchev–Trinajstić information content (AvgIpc) is 3.20. The van der Waals surface area contributed by atoms with Crippen molar-refractivity contribution in [1.29, 1.82) is 0 Å². The van der Waals surface area contributed by atoms with E-state index in [1.807, 2.05) is 26.8 Å². The molecular formula is C16H21N3O2S. The minimum absolute atomic E-state index is 0.254. The number of benzene rings is 1. The maximum Gasteiger partial charge on any atom is 0.263 e. The minimum atomic E-state index is -3.60. The summed E-state index contributed by atoms with van der Waals surface area (Å²) < 4.78 is 29.5. The molecule has 118 valence electrons. The van der Waals surface area contributed by atoms with Crippen molar-refractivity contribution in [3.05, 3.63) is 42.1 Å². The highest BCUT2D eigenvalue weighted by molar-refractivity contribution is 7.92. The lowest BCUT2D eigenvalue weighted by Gasteiger charge is -2.22. The molecule has 0 atom stereocenters. The Morgan fingerprint density at radius 2 is 1.82 bits per heavy atom. The van der Waals surface area contributed by atoms with Crippen LogP contribution in [0.3, 0.4) is 0 Å². The van der Waals surface area contributed by atoms with Crippen molar-refractivity contribution in [3.63, 3.8) is 0 Å². The quantitative estimate of drug-likeness (QED) is 0.940. The van der Waals surface area contributed by atoms with E-state index < -0.39 is 10.0 Å². The molecule has 0 radical (unpaired) electrons. The highest BCUT2D eigenvalue weighted by atomic mass is 32.2. The van der Waals surface area contributed by atoms with Gasteiger partial charge in [0.1, 0.15) is 5.82 Å². The molecule has 5 nitrogen and oxygen atoms in total. The first-order valence-corrected chi connectivity index (χ1v) is 8.94. The third-order valence-corrected chi connectivity index (χ3v) is 5.02. The van der Waals surface area contributed by atoms with Crippen LogP contribution < -0.4 is 4.72 Å². The fourth-order valence-electron chi connectivity index (χ4n) is 2.36. The zero-order chi connectivity index (χ0) is 16.0. The molecule has 0 saturated heterocycles. The largest absolute Gasteiger partial charge is 0.264 e. The van der Waals surface area contributed by atoms with E-state index in [9.17, 15) is 8.42 Å². The molecule has 1 N–H and O–H groups in total. The molecule has 2 aromatic rings. The van der Waals surface area contributed by atoms with Crippen LogP contribution in [0.15, 0.2) is 41.3 Å². The maximum atomic E-state index is 12.5. The summed E-state index contributed by atoms with van der Waals surface area (Å²) in [5.41, 5.74) is 0.683. The van der Waals surface area contributed by atoms with Crippen LogP contribution in [0.2, 0.25) is 0 Å². The average molecular weight is 319 g/mol. The topological polar surface area (TPSA) is 64.0 Å². The first-order valence-electron chi connectivity index (χ1n) is 7.46. The van der Waals surface area contributed by atoms with Crippen LogP contribution in [-0.2, 0) is 15.6 Å². The van der Waals surface area contributed by atoms with Gasteiger partial charge in [-0.25, -0.2) is 13.1 Å². The molecule has 0 aliphatic heterocycles. The van der Waals surface area contributed by atoms with Crippen LogP contribution >= 0.6 is 0 Å². The second kappa shape index (κ2) is 5.12. The number of hydrogen-bond donors (Lipinski definition) is 1. The fourth-order valence-corrected chi connectivity index (χ4v) is 3.41. The number of aromatic nitrogens is 2. The van der Waals surface area contributed by atoms with Gasteiger partial charge in [-0.3, -0.25) is 4.72 Å². The molecule has 1 aliphatic rings. The second-order valence-electron chi connectivity index (χ2n) is 6.73. The molecule has 0 unspecified atom stereocenters. The summed E-state index contributed by atoms with van der Waals surface area (Å²) in [6.45, 7) is 6.03. The summed E-state index contributed by atoms with van der Waals surface area (Å²) in [5, 5.41) is 4.61. The van der Waals surface area contributed by atoms with Crippen LogP contribution in [0, 0.1) is 0 Å². The van der Waals surface area contributed by atoms with Gasteiger partial charge in [-0.05, 0) is 45.7 Å². The van der Waals surface area contributed by atoms with E-state index in [-0.39, 0.29) is 10.4 Å². The molecule has 1 aliphatic carbocycles. The van der Waals surface area contributed by atoms with Crippen molar-refractivity contribution >= 4 is 15.8 Å². The molecule has 22 heavy (non-hydrogen) atoms. The number of rotatable bonds is 4. The van der Waals surface area contributed by atoms with Gasteiger partial charge in [-0.2, -0.15) is 5.10 Å². The third-order valence-electron chi connectivity index (χ3n) is 3.65. The summed E-state index contributed by atoms with van der Waals surface area (Å²) in [5.74, 6) is 1.00. The highest BCUT2D eigenvalue weighted by Crippen LogP contribution is 2.41. The Morgan fingerprint density at radius 1 is 1.18 bits per heavy atom. The number of nitrogens with one attached hydrogen (secondary N) is 1. The molecule has 1 heterocycles. The molecule has 1 saturated carbocycles. The SMILES string of the molecule is CC(C)(C)n1nc(C2CC2)cc1NS(=O)(=O)c1ccccc1. The lowest BCUT2D eigenvalue weighted by Crippen LogP contribution is -2.26. The van der Waals surface area contributed by atoms with Gasteiger partial charge in [0.05, 0.1) is 16.1 Å². The molecular weight excluding hydrogens is 298 g/mol. The van der Waals surface area contributed by atoms with Crippen LogP contribution in [0.1, 0.15) is 45.2 Å². The Bertz CT molecular complexity index is 769. The Balaban J connectivity index is 1.98. The van der Waals surface area contributed by atoms with Crippen molar-refractivity contribution in [1.82, 2.24) is 9.78 Å². The van der Waals surface area contributed by atoms with Crippen molar-refractivity contribution in [2.24, 2.45) is 0 Å². The summed E-state index contributed by atoms with van der Waals surface area (Å²) in [6, 6.07) is 10.3. The number of hydrogen-bond acceptors (Lipinski definition) is 3. The Morgan fingerprint density at radius 3 is 2.36 bits per heavy atom. The van der Waals surface area contributed by atoms with Gasteiger partial charge in [0, 0.05) is 12.0 Å². The monoisotopic (exact) mass is 319 g/mol. The van der Waals surface area contributed by atoms with Gasteiger partial charge in [0.2, 0.25) is 0 Å². The molecule has 3 rings (SSSR count). The van der Waals surface area contributed by atoms with Crippen molar-refractivity contribution in [2.45, 2.75) is 50.0 Å². The van der Waals surface area contributed by atoms with E-state index in [0.717, 1.165) is 18.5 Å². The predicted octanol–water partition coefficient (Wildman–Crippen LogP) is 3.32. The Kier molecular flexibility index (Phi) is 3.51. The zero-order valence-electron chi connectivity index (χ0n) is 13.1. The lowest BCUT2D eigenvalue weighted by molar-refractivity contribution is 0.359. The van der Waals surface area contributed by atoms with Crippen molar-refractivity contribution < 1.29 is 8.42 Å². The molecule has 1 aromatic heterocycles. The van der Waals surface area contributed by atoms with E-state index in [0.29, 0.717) is 11.7 Å². The highest BCUT2D eigenvalue weighted by Gasteiger charge is 2.30. The van der Waals surface area contributed by atoms with E-state index in [2.05, 4.69) is 9.82 Å². The van der Waals surface area contributed by atoms with Gasteiger partial charge in [0.15, 0.2) is 0 Å². The van der Waals surface area contributed by atoms with Gasteiger partial charge >= 0.3 is 0 Å². The summed E-state index contributed by atoms with van der Waals surface area (Å²) in [6.07, 6.45) is 2.26. The summed E-state index contributed by atoms with van der Waals surface area (Å²) in [7, 11) is -3.60. The first-order chi connectivity index (χ1) is 10.3. The standard InChI is InChI=1S/C16H21N3O2S/c1-16(2,3)19-15(11-14(17-19)12-9-10-12)18-22(20,21)13-7-5-4-6-8-13/h4-8,11-12,18H,9-10H2,1-3H3. The number of sulfonamides is 1. The Hall–Kier alpha value is -1.82. The first kappa shape index (κ1) is 15.1. The summed E-state index contributed by atoms with van der Waals surface area (Å²) in [4.78, 5) is 0.254. The number of anilines is 1. The molecule has 1 aromatic carbocycles. The van der Waals surface area contributed by atoms with Gasteiger partial charge in [0.25, 0.3) is 10.0 Å². The maximum absolute atomic E-state index is 12.5. The molecule has 0 bridgehead atoms. The van der Waals surface area contributed by atoms with Crippen LogP contribution in [0.25, 0.3) is 0 Å². The van der Waals surface area contributed by atoms with Gasteiger partial charge in [-0.1, -0.05) is 18.2 Å². The van der Waals surface area contributed by atoms with Gasteiger partial charge < -0.3 is 0 Å².